The van der Waals surface area contributed by atoms with Gasteiger partial charge < -0.3 is 9.84 Å². The van der Waals surface area contributed by atoms with Crippen molar-refractivity contribution >= 4 is 21.6 Å². The average Bonchev–Trinajstić information content (AvgIpc) is 2.71. The van der Waals surface area contributed by atoms with E-state index in [9.17, 15) is 17.9 Å². The van der Waals surface area contributed by atoms with E-state index in [0.29, 0.717) is 13.0 Å². The topological polar surface area (TPSA) is 75.6 Å². The first-order chi connectivity index (χ1) is 9.24. The second-order valence-corrected chi connectivity index (χ2v) is 6.94. The van der Waals surface area contributed by atoms with Gasteiger partial charge in [0.2, 0.25) is 10.0 Å². The quantitative estimate of drug-likeness (QED) is 0.875. The molecule has 20 heavy (non-hydrogen) atoms. The van der Waals surface area contributed by atoms with E-state index in [1.807, 2.05) is 0 Å². The van der Waals surface area contributed by atoms with E-state index < -0.39 is 27.5 Å². The molecule has 0 amide bonds. The van der Waals surface area contributed by atoms with Gasteiger partial charge in [0.25, 0.3) is 0 Å². The fourth-order valence-corrected chi connectivity index (χ4v) is 3.32. The van der Waals surface area contributed by atoms with Crippen molar-refractivity contribution in [1.82, 2.24) is 4.72 Å². The van der Waals surface area contributed by atoms with Gasteiger partial charge in [0.05, 0.1) is 16.0 Å². The van der Waals surface area contributed by atoms with Crippen molar-refractivity contribution in [3.05, 3.63) is 29.0 Å². The van der Waals surface area contributed by atoms with Crippen LogP contribution in [-0.4, -0.2) is 38.4 Å². The Hall–Kier alpha value is -0.730. The van der Waals surface area contributed by atoms with Gasteiger partial charge in [-0.25, -0.2) is 17.5 Å². The van der Waals surface area contributed by atoms with Crippen LogP contribution in [0.4, 0.5) is 4.39 Å². The lowest BCUT2D eigenvalue weighted by Crippen LogP contribution is -2.47. The number of hydrogen-bond acceptors (Lipinski definition) is 4. The molecule has 1 aromatic carbocycles. The highest BCUT2D eigenvalue weighted by Crippen LogP contribution is 2.26. The molecule has 2 N–H and O–H groups in total. The predicted molar refractivity (Wildman–Crippen MR) is 71.6 cm³/mol. The van der Waals surface area contributed by atoms with E-state index in [1.165, 1.54) is 0 Å². The molecule has 2 unspecified atom stereocenters. The summed E-state index contributed by atoms with van der Waals surface area (Å²) in [5.41, 5.74) is -1.24. The molecule has 1 saturated heterocycles. The monoisotopic (exact) mass is 323 g/mol. The molecule has 2 rings (SSSR count). The third-order valence-electron chi connectivity index (χ3n) is 3.43. The van der Waals surface area contributed by atoms with Crippen LogP contribution in [0.15, 0.2) is 23.1 Å². The molecule has 1 fully saturated rings. The van der Waals surface area contributed by atoms with Gasteiger partial charge in [-0.05, 0) is 25.1 Å². The summed E-state index contributed by atoms with van der Waals surface area (Å²) < 4.78 is 44.7. The molecule has 1 heterocycles. The van der Waals surface area contributed by atoms with Crippen molar-refractivity contribution in [2.45, 2.75) is 29.9 Å². The molecule has 0 radical (unpaired) electrons. The Kier molecular flexibility index (Phi) is 4.36. The number of hydrogen-bond donors (Lipinski definition) is 2. The summed E-state index contributed by atoms with van der Waals surface area (Å²) >= 11 is 5.56. The third-order valence-corrected chi connectivity index (χ3v) is 5.12. The van der Waals surface area contributed by atoms with E-state index in [2.05, 4.69) is 4.72 Å². The zero-order chi connectivity index (χ0) is 15.0. The summed E-state index contributed by atoms with van der Waals surface area (Å²) in [6.45, 7) is 1.88. The summed E-state index contributed by atoms with van der Waals surface area (Å²) in [7, 11) is -3.87. The smallest absolute Gasteiger partial charge is 0.240 e. The van der Waals surface area contributed by atoms with Crippen LogP contribution in [0.3, 0.4) is 0 Å². The highest BCUT2D eigenvalue weighted by atomic mass is 35.5. The highest BCUT2D eigenvalue weighted by molar-refractivity contribution is 7.89. The van der Waals surface area contributed by atoms with Crippen molar-refractivity contribution < 1.29 is 22.7 Å². The van der Waals surface area contributed by atoms with Gasteiger partial charge in [0.1, 0.15) is 11.4 Å². The van der Waals surface area contributed by atoms with Crippen molar-refractivity contribution in [3.63, 3.8) is 0 Å². The molecule has 2 atom stereocenters. The number of benzene rings is 1. The zero-order valence-corrected chi connectivity index (χ0v) is 12.3. The first-order valence-corrected chi connectivity index (χ1v) is 7.89. The Balaban J connectivity index is 2.13. The minimum Gasteiger partial charge on any atom is -0.386 e. The second-order valence-electron chi connectivity index (χ2n) is 4.77. The zero-order valence-electron chi connectivity index (χ0n) is 10.8. The Bertz CT molecular complexity index is 609. The molecule has 0 spiro atoms. The van der Waals surface area contributed by atoms with Crippen LogP contribution in [0.25, 0.3) is 0 Å². The van der Waals surface area contributed by atoms with Gasteiger partial charge in [-0.15, -0.1) is 0 Å². The Morgan fingerprint density at radius 2 is 2.30 bits per heavy atom. The molecule has 5 nitrogen and oxygen atoms in total. The van der Waals surface area contributed by atoms with Gasteiger partial charge in [0, 0.05) is 19.6 Å². The SMILES string of the molecule is CC1OCCC1(O)CNS(=O)(=O)c1ccc(F)c(Cl)c1. The van der Waals surface area contributed by atoms with Crippen LogP contribution < -0.4 is 4.72 Å². The maximum Gasteiger partial charge on any atom is 0.240 e. The summed E-state index contributed by atoms with van der Waals surface area (Å²) in [6.07, 6.45) is -0.108. The Morgan fingerprint density at radius 3 is 2.85 bits per heavy atom. The molecular formula is C12H15ClFNO4S. The van der Waals surface area contributed by atoms with E-state index in [0.717, 1.165) is 18.2 Å². The average molecular weight is 324 g/mol. The first-order valence-electron chi connectivity index (χ1n) is 6.03. The van der Waals surface area contributed by atoms with Gasteiger partial charge in [0.15, 0.2) is 0 Å². The number of halogens is 2. The van der Waals surface area contributed by atoms with Crippen molar-refractivity contribution in [2.24, 2.45) is 0 Å². The minimum atomic E-state index is -3.87. The van der Waals surface area contributed by atoms with Crippen molar-refractivity contribution in [2.75, 3.05) is 13.2 Å². The molecule has 0 aliphatic carbocycles. The highest BCUT2D eigenvalue weighted by Gasteiger charge is 2.40. The molecular weight excluding hydrogens is 309 g/mol. The lowest BCUT2D eigenvalue weighted by atomic mass is 9.97. The standard InChI is InChI=1S/C12H15ClFNO4S/c1-8-12(16,4-5-19-8)7-15-20(17,18)9-2-3-11(14)10(13)6-9/h2-3,6,8,15-16H,4-5,7H2,1H3. The first kappa shape index (κ1) is 15.7. The largest absolute Gasteiger partial charge is 0.386 e. The molecule has 8 heteroatoms. The van der Waals surface area contributed by atoms with Crippen LogP contribution in [0.5, 0.6) is 0 Å². The fourth-order valence-electron chi connectivity index (χ4n) is 1.95. The summed E-state index contributed by atoms with van der Waals surface area (Å²) in [6, 6.07) is 3.12. The molecule has 0 saturated carbocycles. The molecule has 1 aliphatic heterocycles. The molecule has 0 bridgehead atoms. The maximum absolute atomic E-state index is 13.0. The Labute approximate surface area is 121 Å². The van der Waals surface area contributed by atoms with E-state index in [-0.39, 0.29) is 16.5 Å². The summed E-state index contributed by atoms with van der Waals surface area (Å²) in [4.78, 5) is -0.154. The van der Waals surface area contributed by atoms with Gasteiger partial charge in [-0.2, -0.15) is 0 Å². The normalized spacial score (nSPS) is 26.9. The lowest BCUT2D eigenvalue weighted by molar-refractivity contribution is -0.0228. The summed E-state index contributed by atoms with van der Waals surface area (Å²) in [5.74, 6) is -0.693. The molecule has 112 valence electrons. The van der Waals surface area contributed by atoms with Crippen molar-refractivity contribution in [1.29, 1.82) is 0 Å². The lowest BCUT2D eigenvalue weighted by Gasteiger charge is -2.26. The number of nitrogens with one attached hydrogen (secondary N) is 1. The van der Waals surface area contributed by atoms with Crippen LogP contribution in [0.2, 0.25) is 5.02 Å². The van der Waals surface area contributed by atoms with Gasteiger partial charge in [-0.1, -0.05) is 11.6 Å². The fraction of sp³-hybridized carbons (Fsp3) is 0.500. The predicted octanol–water partition coefficient (Wildman–Crippen LogP) is 1.30. The van der Waals surface area contributed by atoms with Crippen LogP contribution >= 0.6 is 11.6 Å². The van der Waals surface area contributed by atoms with Gasteiger partial charge >= 0.3 is 0 Å². The Morgan fingerprint density at radius 1 is 1.60 bits per heavy atom. The van der Waals surface area contributed by atoms with Crippen LogP contribution in [0.1, 0.15) is 13.3 Å². The van der Waals surface area contributed by atoms with Crippen LogP contribution in [0, 0.1) is 5.82 Å². The number of sulfonamides is 1. The van der Waals surface area contributed by atoms with E-state index in [1.54, 1.807) is 6.92 Å². The maximum atomic E-state index is 13.0. The number of rotatable bonds is 4. The molecule has 0 aromatic heterocycles. The van der Waals surface area contributed by atoms with E-state index >= 15 is 0 Å². The van der Waals surface area contributed by atoms with E-state index in [4.69, 9.17) is 16.3 Å². The molecule has 1 aliphatic rings. The van der Waals surface area contributed by atoms with Gasteiger partial charge in [-0.3, -0.25) is 0 Å². The number of aliphatic hydroxyl groups is 1. The van der Waals surface area contributed by atoms with Crippen LogP contribution in [-0.2, 0) is 14.8 Å². The third kappa shape index (κ3) is 3.12. The number of ether oxygens (including phenoxy) is 1. The van der Waals surface area contributed by atoms with Crippen molar-refractivity contribution in [3.8, 4) is 0 Å². The second kappa shape index (κ2) is 5.57. The summed E-state index contributed by atoms with van der Waals surface area (Å²) in [5, 5.41) is 9.96. The molecule has 1 aromatic rings. The minimum absolute atomic E-state index is 0.154.